The molecule has 0 aliphatic carbocycles. The lowest BCUT2D eigenvalue weighted by Gasteiger charge is -2.14. The van der Waals surface area contributed by atoms with Crippen molar-refractivity contribution in [3.8, 4) is 5.75 Å². The van der Waals surface area contributed by atoms with Crippen molar-refractivity contribution in [1.82, 2.24) is 0 Å². The molecule has 21 heavy (non-hydrogen) atoms. The van der Waals surface area contributed by atoms with Gasteiger partial charge in [-0.25, -0.2) is 0 Å². The lowest BCUT2D eigenvalue weighted by Crippen LogP contribution is -2.00. The number of rotatable bonds is 8. The van der Waals surface area contributed by atoms with Crippen molar-refractivity contribution >= 4 is 5.57 Å². The Hall–Kier alpha value is -1.76. The number of hydrogen-bond acceptors (Lipinski definition) is 1. The van der Waals surface area contributed by atoms with Crippen molar-refractivity contribution in [2.75, 3.05) is 0 Å². The van der Waals surface area contributed by atoms with Crippen molar-refractivity contribution in [2.45, 2.75) is 40.0 Å². The largest absolute Gasteiger partial charge is 0.508 e. The van der Waals surface area contributed by atoms with Crippen LogP contribution in [-0.4, -0.2) is 5.11 Å². The predicted molar refractivity (Wildman–Crippen MR) is 93.3 cm³/mol. The Bertz CT molecular complexity index is 493. The summed E-state index contributed by atoms with van der Waals surface area (Å²) in [5.74, 6) is 1.57. The number of benzene rings is 1. The summed E-state index contributed by atoms with van der Waals surface area (Å²) in [6.45, 7) is 15.0. The first-order valence-corrected chi connectivity index (χ1v) is 7.79. The van der Waals surface area contributed by atoms with Crippen LogP contribution >= 0.6 is 0 Å². The summed E-state index contributed by atoms with van der Waals surface area (Å²) >= 11 is 0. The molecule has 0 radical (unpaired) electrons. The van der Waals surface area contributed by atoms with Gasteiger partial charge in [0.2, 0.25) is 0 Å². The van der Waals surface area contributed by atoms with Crippen molar-refractivity contribution < 1.29 is 5.11 Å². The highest BCUT2D eigenvalue weighted by atomic mass is 16.3. The second kappa shape index (κ2) is 8.51. The zero-order valence-electron chi connectivity index (χ0n) is 13.6. The van der Waals surface area contributed by atoms with Gasteiger partial charge in [0.05, 0.1) is 0 Å². The third kappa shape index (κ3) is 6.03. The number of hydrogen-bond donors (Lipinski definition) is 1. The Labute approximate surface area is 129 Å². The molecule has 1 aromatic rings. The van der Waals surface area contributed by atoms with Gasteiger partial charge in [0.25, 0.3) is 0 Å². The van der Waals surface area contributed by atoms with Gasteiger partial charge in [-0.2, -0.15) is 0 Å². The van der Waals surface area contributed by atoms with Crippen LogP contribution in [0.4, 0.5) is 0 Å². The highest BCUT2D eigenvalue weighted by molar-refractivity contribution is 5.72. The van der Waals surface area contributed by atoms with Gasteiger partial charge in [-0.05, 0) is 41.5 Å². The van der Waals surface area contributed by atoms with Crippen LogP contribution in [0.3, 0.4) is 0 Å². The molecule has 0 saturated carbocycles. The molecule has 2 atom stereocenters. The average molecular weight is 284 g/mol. The molecule has 114 valence electrons. The molecule has 1 N–H and O–H groups in total. The van der Waals surface area contributed by atoms with Gasteiger partial charge in [0, 0.05) is 0 Å². The second-order valence-corrected chi connectivity index (χ2v) is 5.97. The van der Waals surface area contributed by atoms with E-state index in [1.165, 1.54) is 19.3 Å². The van der Waals surface area contributed by atoms with Crippen LogP contribution in [0.1, 0.15) is 45.6 Å². The van der Waals surface area contributed by atoms with Crippen molar-refractivity contribution in [3.63, 3.8) is 0 Å². The summed E-state index contributed by atoms with van der Waals surface area (Å²) < 4.78 is 0. The minimum atomic E-state index is 0.276. The molecule has 0 aromatic heterocycles. The van der Waals surface area contributed by atoms with E-state index in [2.05, 4.69) is 40.0 Å². The summed E-state index contributed by atoms with van der Waals surface area (Å²) in [6, 6.07) is 7.10. The number of phenolic OH excluding ortho intramolecular Hbond substituents is 1. The molecule has 1 nitrogen and oxygen atoms in total. The van der Waals surface area contributed by atoms with Crippen LogP contribution in [-0.2, 0) is 0 Å². The Morgan fingerprint density at radius 3 is 2.29 bits per heavy atom. The highest BCUT2D eigenvalue weighted by Crippen LogP contribution is 2.22. The van der Waals surface area contributed by atoms with Crippen molar-refractivity contribution in [1.29, 1.82) is 0 Å². The number of aromatic hydroxyl groups is 1. The van der Waals surface area contributed by atoms with Gasteiger partial charge >= 0.3 is 0 Å². The molecule has 0 aliphatic heterocycles. The van der Waals surface area contributed by atoms with E-state index in [0.29, 0.717) is 5.92 Å². The first kappa shape index (κ1) is 17.3. The molecule has 2 unspecified atom stereocenters. The van der Waals surface area contributed by atoms with Gasteiger partial charge in [0.1, 0.15) is 5.75 Å². The van der Waals surface area contributed by atoms with E-state index >= 15 is 0 Å². The maximum absolute atomic E-state index is 9.29. The second-order valence-electron chi connectivity index (χ2n) is 5.97. The van der Waals surface area contributed by atoms with Crippen LogP contribution < -0.4 is 0 Å². The average Bonchev–Trinajstić information content (AvgIpc) is 2.50. The Morgan fingerprint density at radius 1 is 1.10 bits per heavy atom. The molecule has 0 spiro atoms. The van der Waals surface area contributed by atoms with E-state index in [0.717, 1.165) is 22.6 Å². The van der Waals surface area contributed by atoms with Crippen LogP contribution in [0.15, 0.2) is 55.1 Å². The number of allylic oxidation sites excluding steroid dienone is 4. The molecule has 0 fully saturated rings. The summed E-state index contributed by atoms with van der Waals surface area (Å²) in [7, 11) is 0. The van der Waals surface area contributed by atoms with Gasteiger partial charge in [-0.1, -0.05) is 76.6 Å². The lowest BCUT2D eigenvalue weighted by molar-refractivity contribution is 0.454. The van der Waals surface area contributed by atoms with Crippen molar-refractivity contribution in [3.05, 3.63) is 60.7 Å². The SMILES string of the molecule is C=C(/C=C\C(=C)C(C)CCC(C)CC)c1ccc(O)cc1. The molecule has 0 aliphatic rings. The van der Waals surface area contributed by atoms with E-state index in [9.17, 15) is 5.11 Å². The highest BCUT2D eigenvalue weighted by Gasteiger charge is 2.07. The molecular formula is C20H28O. The standard InChI is InChI=1S/C20H28O/c1-6-15(2)7-8-16(3)17(4)9-10-18(5)19-11-13-20(21)14-12-19/h9-16,21H,4-8H2,1-3H3/b10-9-. The zero-order valence-corrected chi connectivity index (χ0v) is 13.6. The van der Waals surface area contributed by atoms with Gasteiger partial charge in [-0.3, -0.25) is 0 Å². The van der Waals surface area contributed by atoms with Crippen LogP contribution in [0.5, 0.6) is 5.75 Å². The summed E-state index contributed by atoms with van der Waals surface area (Å²) in [4.78, 5) is 0. The smallest absolute Gasteiger partial charge is 0.115 e. The maximum atomic E-state index is 9.29. The topological polar surface area (TPSA) is 20.2 Å². The molecule has 0 heterocycles. The Kier molecular flexibility index (Phi) is 7.01. The van der Waals surface area contributed by atoms with E-state index in [4.69, 9.17) is 0 Å². The fraction of sp³-hybridized carbons (Fsp3) is 0.400. The van der Waals surface area contributed by atoms with Gasteiger partial charge in [-0.15, -0.1) is 0 Å². The first-order valence-electron chi connectivity index (χ1n) is 7.79. The lowest BCUT2D eigenvalue weighted by atomic mass is 9.91. The fourth-order valence-corrected chi connectivity index (χ4v) is 2.07. The Balaban J connectivity index is 2.53. The van der Waals surface area contributed by atoms with E-state index in [1.807, 2.05) is 18.2 Å². The monoisotopic (exact) mass is 284 g/mol. The maximum Gasteiger partial charge on any atom is 0.115 e. The number of phenols is 1. The molecule has 1 rings (SSSR count). The normalized spacial score (nSPS) is 14.0. The first-order chi connectivity index (χ1) is 9.93. The third-order valence-electron chi connectivity index (χ3n) is 4.16. The molecular weight excluding hydrogens is 256 g/mol. The molecule has 0 bridgehead atoms. The quantitative estimate of drug-likeness (QED) is 0.582. The summed E-state index contributed by atoms with van der Waals surface area (Å²) in [5, 5.41) is 9.29. The molecule has 1 heteroatoms. The zero-order chi connectivity index (χ0) is 15.8. The summed E-state index contributed by atoms with van der Waals surface area (Å²) in [6.07, 6.45) is 7.75. The van der Waals surface area contributed by atoms with E-state index in [1.54, 1.807) is 12.1 Å². The molecule has 0 saturated heterocycles. The molecule has 0 amide bonds. The fourth-order valence-electron chi connectivity index (χ4n) is 2.07. The Morgan fingerprint density at radius 2 is 1.71 bits per heavy atom. The van der Waals surface area contributed by atoms with Crippen LogP contribution in [0.25, 0.3) is 5.57 Å². The van der Waals surface area contributed by atoms with Crippen LogP contribution in [0.2, 0.25) is 0 Å². The van der Waals surface area contributed by atoms with E-state index in [-0.39, 0.29) is 5.75 Å². The van der Waals surface area contributed by atoms with Gasteiger partial charge in [0.15, 0.2) is 0 Å². The van der Waals surface area contributed by atoms with Crippen LogP contribution in [0, 0.1) is 11.8 Å². The predicted octanol–water partition coefficient (Wildman–Crippen LogP) is 5.98. The van der Waals surface area contributed by atoms with Crippen molar-refractivity contribution in [2.24, 2.45) is 11.8 Å². The summed E-state index contributed by atoms with van der Waals surface area (Å²) in [5.41, 5.74) is 3.10. The minimum Gasteiger partial charge on any atom is -0.508 e. The third-order valence-corrected chi connectivity index (χ3v) is 4.16. The minimum absolute atomic E-state index is 0.276. The molecule has 1 aromatic carbocycles. The van der Waals surface area contributed by atoms with E-state index < -0.39 is 0 Å². The van der Waals surface area contributed by atoms with Gasteiger partial charge < -0.3 is 5.11 Å².